The standard InChI is InChI=1S/C17H32N2O2/c1-3-14-7-6-12-19(13-14)11-5-4-10-17(2,16(20)21)18-15-8-9-15/h14-15,18H,3-13H2,1-2H3,(H,20,21). The van der Waals surface area contributed by atoms with E-state index in [4.69, 9.17) is 0 Å². The van der Waals surface area contributed by atoms with Gasteiger partial charge in [-0.25, -0.2) is 0 Å². The lowest BCUT2D eigenvalue weighted by Crippen LogP contribution is -2.50. The molecule has 4 nitrogen and oxygen atoms in total. The molecule has 1 aliphatic heterocycles. The normalized spacial score (nSPS) is 26.5. The highest BCUT2D eigenvalue weighted by Crippen LogP contribution is 2.26. The van der Waals surface area contributed by atoms with Crippen molar-refractivity contribution in [3.05, 3.63) is 0 Å². The second-order valence-electron chi connectivity index (χ2n) is 7.23. The van der Waals surface area contributed by atoms with E-state index < -0.39 is 11.5 Å². The van der Waals surface area contributed by atoms with Crippen LogP contribution in [-0.2, 0) is 4.79 Å². The first-order valence-electron chi connectivity index (χ1n) is 8.77. The number of rotatable bonds is 9. The van der Waals surface area contributed by atoms with Crippen molar-refractivity contribution in [2.24, 2.45) is 5.92 Å². The third kappa shape index (κ3) is 5.26. The van der Waals surface area contributed by atoms with E-state index in [1.165, 1.54) is 32.4 Å². The molecule has 2 N–H and O–H groups in total. The Morgan fingerprint density at radius 1 is 1.33 bits per heavy atom. The fraction of sp³-hybridized carbons (Fsp3) is 0.941. The highest BCUT2D eigenvalue weighted by Gasteiger charge is 2.37. The summed E-state index contributed by atoms with van der Waals surface area (Å²) < 4.78 is 0. The van der Waals surface area contributed by atoms with E-state index >= 15 is 0 Å². The van der Waals surface area contributed by atoms with Gasteiger partial charge in [0.15, 0.2) is 0 Å². The van der Waals surface area contributed by atoms with Crippen molar-refractivity contribution >= 4 is 5.97 Å². The number of nitrogens with zero attached hydrogens (tertiary/aromatic N) is 1. The van der Waals surface area contributed by atoms with Crippen LogP contribution >= 0.6 is 0 Å². The van der Waals surface area contributed by atoms with Crippen molar-refractivity contribution in [1.29, 1.82) is 0 Å². The molecule has 2 atom stereocenters. The smallest absolute Gasteiger partial charge is 0.323 e. The van der Waals surface area contributed by atoms with Gasteiger partial charge in [-0.15, -0.1) is 0 Å². The van der Waals surface area contributed by atoms with Crippen LogP contribution in [0.5, 0.6) is 0 Å². The number of likely N-dealkylation sites (tertiary alicyclic amines) is 1. The summed E-state index contributed by atoms with van der Waals surface area (Å²) in [5, 5.41) is 12.8. The zero-order valence-corrected chi connectivity index (χ0v) is 13.7. The van der Waals surface area contributed by atoms with Crippen LogP contribution in [0, 0.1) is 5.92 Å². The molecule has 0 spiro atoms. The molecule has 0 amide bonds. The summed E-state index contributed by atoms with van der Waals surface area (Å²) in [5.74, 6) is 0.179. The third-order valence-electron chi connectivity index (χ3n) is 5.15. The molecular weight excluding hydrogens is 264 g/mol. The maximum absolute atomic E-state index is 11.5. The summed E-state index contributed by atoms with van der Waals surface area (Å²) in [6, 6.07) is 0.443. The minimum Gasteiger partial charge on any atom is -0.480 e. The second kappa shape index (κ2) is 7.59. The molecule has 4 heteroatoms. The monoisotopic (exact) mass is 296 g/mol. The molecule has 2 unspecified atom stereocenters. The van der Waals surface area contributed by atoms with E-state index in [1.807, 2.05) is 6.92 Å². The quantitative estimate of drug-likeness (QED) is 0.642. The molecule has 2 rings (SSSR count). The van der Waals surface area contributed by atoms with Gasteiger partial charge in [0, 0.05) is 12.6 Å². The summed E-state index contributed by atoms with van der Waals surface area (Å²) in [7, 11) is 0. The van der Waals surface area contributed by atoms with Crippen LogP contribution in [0.4, 0.5) is 0 Å². The van der Waals surface area contributed by atoms with Crippen molar-refractivity contribution in [1.82, 2.24) is 10.2 Å². The highest BCUT2D eigenvalue weighted by atomic mass is 16.4. The van der Waals surface area contributed by atoms with E-state index in [9.17, 15) is 9.90 Å². The number of piperidine rings is 1. The van der Waals surface area contributed by atoms with Crippen molar-refractivity contribution < 1.29 is 9.90 Å². The Bertz CT molecular complexity index is 344. The lowest BCUT2D eigenvalue weighted by molar-refractivity contribution is -0.144. The lowest BCUT2D eigenvalue weighted by Gasteiger charge is -2.32. The van der Waals surface area contributed by atoms with Crippen LogP contribution < -0.4 is 5.32 Å². The molecule has 2 aliphatic rings. The topological polar surface area (TPSA) is 52.6 Å². The largest absolute Gasteiger partial charge is 0.480 e. The van der Waals surface area contributed by atoms with Crippen LogP contribution in [0.15, 0.2) is 0 Å². The van der Waals surface area contributed by atoms with Gasteiger partial charge in [0.1, 0.15) is 5.54 Å². The molecule has 0 bridgehead atoms. The van der Waals surface area contributed by atoms with E-state index in [1.54, 1.807) is 0 Å². The van der Waals surface area contributed by atoms with Gasteiger partial charge in [-0.1, -0.05) is 13.3 Å². The summed E-state index contributed by atoms with van der Waals surface area (Å²) in [4.78, 5) is 14.1. The summed E-state index contributed by atoms with van der Waals surface area (Å²) in [5.41, 5.74) is -0.727. The van der Waals surface area contributed by atoms with Crippen LogP contribution in [0.3, 0.4) is 0 Å². The third-order valence-corrected chi connectivity index (χ3v) is 5.15. The Morgan fingerprint density at radius 3 is 2.71 bits per heavy atom. The van der Waals surface area contributed by atoms with Crippen molar-refractivity contribution in [3.63, 3.8) is 0 Å². The first kappa shape index (κ1) is 16.8. The maximum atomic E-state index is 11.5. The Labute approximate surface area is 129 Å². The first-order chi connectivity index (χ1) is 10.0. The highest BCUT2D eigenvalue weighted by molar-refractivity contribution is 5.78. The van der Waals surface area contributed by atoms with E-state index in [2.05, 4.69) is 17.1 Å². The SMILES string of the molecule is CCC1CCCN(CCCCC(C)(NC2CC2)C(=O)O)C1. The Kier molecular flexibility index (Phi) is 6.06. The number of hydrogen-bond acceptors (Lipinski definition) is 3. The summed E-state index contributed by atoms with van der Waals surface area (Å²) in [6.45, 7) is 7.74. The zero-order valence-electron chi connectivity index (χ0n) is 13.7. The number of unbranched alkanes of at least 4 members (excludes halogenated alkanes) is 1. The van der Waals surface area contributed by atoms with E-state index in [-0.39, 0.29) is 0 Å². The maximum Gasteiger partial charge on any atom is 0.323 e. The average molecular weight is 296 g/mol. The molecule has 122 valence electrons. The number of aliphatic carboxylic acids is 1. The van der Waals surface area contributed by atoms with Crippen molar-refractivity contribution in [2.45, 2.75) is 76.8 Å². The van der Waals surface area contributed by atoms with Gasteiger partial charge in [-0.2, -0.15) is 0 Å². The van der Waals surface area contributed by atoms with Gasteiger partial charge in [0.25, 0.3) is 0 Å². The molecule has 0 radical (unpaired) electrons. The van der Waals surface area contributed by atoms with Gasteiger partial charge in [-0.3, -0.25) is 10.1 Å². The van der Waals surface area contributed by atoms with E-state index in [0.717, 1.165) is 44.6 Å². The van der Waals surface area contributed by atoms with Gasteiger partial charge >= 0.3 is 5.97 Å². The van der Waals surface area contributed by atoms with Crippen LogP contribution in [-0.4, -0.2) is 47.2 Å². The number of carbonyl (C=O) groups is 1. The predicted octanol–water partition coefficient (Wildman–Crippen LogP) is 2.87. The molecule has 1 saturated heterocycles. The van der Waals surface area contributed by atoms with Gasteiger partial charge < -0.3 is 10.0 Å². The molecule has 1 heterocycles. The van der Waals surface area contributed by atoms with Crippen molar-refractivity contribution in [3.8, 4) is 0 Å². The molecule has 2 fully saturated rings. The minimum absolute atomic E-state index is 0.443. The number of carboxylic acid groups (broad SMARTS) is 1. The zero-order chi connectivity index (χ0) is 15.3. The van der Waals surface area contributed by atoms with Gasteiger partial charge in [-0.05, 0) is 70.9 Å². The van der Waals surface area contributed by atoms with E-state index in [0.29, 0.717) is 6.04 Å². The molecule has 0 aromatic heterocycles. The molecular formula is C17H32N2O2. The average Bonchev–Trinajstić information content (AvgIpc) is 3.27. The van der Waals surface area contributed by atoms with Gasteiger partial charge in [0.05, 0.1) is 0 Å². The predicted molar refractivity (Wildman–Crippen MR) is 85.5 cm³/mol. The second-order valence-corrected chi connectivity index (χ2v) is 7.23. The van der Waals surface area contributed by atoms with Gasteiger partial charge in [0.2, 0.25) is 0 Å². The number of carboxylic acids is 1. The fourth-order valence-electron chi connectivity index (χ4n) is 3.42. The molecule has 21 heavy (non-hydrogen) atoms. The minimum atomic E-state index is -0.727. The Morgan fingerprint density at radius 2 is 2.10 bits per heavy atom. The van der Waals surface area contributed by atoms with Crippen LogP contribution in [0.25, 0.3) is 0 Å². The molecule has 1 aliphatic carbocycles. The number of nitrogens with one attached hydrogen (secondary N) is 1. The van der Waals surface area contributed by atoms with Crippen molar-refractivity contribution in [2.75, 3.05) is 19.6 Å². The molecule has 1 saturated carbocycles. The Hall–Kier alpha value is -0.610. The first-order valence-corrected chi connectivity index (χ1v) is 8.77. The fourth-order valence-corrected chi connectivity index (χ4v) is 3.42. The number of hydrogen-bond donors (Lipinski definition) is 2. The van der Waals surface area contributed by atoms with Crippen LogP contribution in [0.2, 0.25) is 0 Å². The Balaban J connectivity index is 1.66. The summed E-state index contributed by atoms with van der Waals surface area (Å²) in [6.07, 6.45) is 9.12. The van der Waals surface area contributed by atoms with Crippen LogP contribution in [0.1, 0.15) is 65.2 Å². The summed E-state index contributed by atoms with van der Waals surface area (Å²) >= 11 is 0. The lowest BCUT2D eigenvalue weighted by atomic mass is 9.93. The molecule has 0 aromatic carbocycles. The molecule has 0 aromatic rings.